The Kier molecular flexibility index (Phi) is 6.25. The standard InChI is InChI=1S/C13H19N3O3S2/c1-3-16(9-8-13(14)20)21(18,19)12-6-4-11(5-7-12)15-10(2)17/h4-7H,3,8-9H2,1-2H3,(H2,14,20)(H,15,17). The number of amides is 1. The first-order valence-corrected chi connectivity index (χ1v) is 8.28. The van der Waals surface area contributed by atoms with Gasteiger partial charge in [0.25, 0.3) is 0 Å². The van der Waals surface area contributed by atoms with E-state index in [1.54, 1.807) is 19.1 Å². The summed E-state index contributed by atoms with van der Waals surface area (Å²) in [6.07, 6.45) is 0.340. The highest BCUT2D eigenvalue weighted by Crippen LogP contribution is 2.18. The van der Waals surface area contributed by atoms with Gasteiger partial charge in [0.1, 0.15) is 0 Å². The van der Waals surface area contributed by atoms with Crippen LogP contribution >= 0.6 is 12.2 Å². The summed E-state index contributed by atoms with van der Waals surface area (Å²) in [6.45, 7) is 3.72. The minimum Gasteiger partial charge on any atom is -0.393 e. The first-order valence-electron chi connectivity index (χ1n) is 6.43. The fourth-order valence-electron chi connectivity index (χ4n) is 1.75. The van der Waals surface area contributed by atoms with E-state index in [0.717, 1.165) is 0 Å². The van der Waals surface area contributed by atoms with Crippen molar-refractivity contribution in [3.05, 3.63) is 24.3 Å². The molecule has 0 saturated carbocycles. The molecule has 0 radical (unpaired) electrons. The maximum absolute atomic E-state index is 12.5. The van der Waals surface area contributed by atoms with Crippen LogP contribution in [0.1, 0.15) is 20.3 Å². The van der Waals surface area contributed by atoms with Crippen molar-refractivity contribution in [1.82, 2.24) is 4.31 Å². The minimum atomic E-state index is -3.59. The number of carbonyl (C=O) groups excluding carboxylic acids is 1. The molecule has 1 aromatic rings. The summed E-state index contributed by atoms with van der Waals surface area (Å²) < 4.78 is 26.2. The van der Waals surface area contributed by atoms with E-state index >= 15 is 0 Å². The number of hydrogen-bond acceptors (Lipinski definition) is 4. The number of thiocarbonyl (C=S) groups is 1. The molecule has 0 aromatic heterocycles. The van der Waals surface area contributed by atoms with Crippen LogP contribution in [0, 0.1) is 0 Å². The van der Waals surface area contributed by atoms with Crippen LogP contribution in [0.3, 0.4) is 0 Å². The van der Waals surface area contributed by atoms with Gasteiger partial charge in [-0.1, -0.05) is 19.1 Å². The second-order valence-electron chi connectivity index (χ2n) is 4.42. The van der Waals surface area contributed by atoms with Gasteiger partial charge >= 0.3 is 0 Å². The quantitative estimate of drug-likeness (QED) is 0.736. The van der Waals surface area contributed by atoms with E-state index in [1.807, 2.05) is 0 Å². The average molecular weight is 329 g/mol. The van der Waals surface area contributed by atoms with Gasteiger partial charge in [-0.25, -0.2) is 8.42 Å². The number of sulfonamides is 1. The number of anilines is 1. The molecular formula is C13H19N3O3S2. The fraction of sp³-hybridized carbons (Fsp3) is 0.385. The van der Waals surface area contributed by atoms with Crippen molar-refractivity contribution in [3.63, 3.8) is 0 Å². The van der Waals surface area contributed by atoms with Gasteiger partial charge in [-0.3, -0.25) is 4.79 Å². The lowest BCUT2D eigenvalue weighted by Crippen LogP contribution is -2.33. The lowest BCUT2D eigenvalue weighted by Gasteiger charge is -2.20. The highest BCUT2D eigenvalue weighted by Gasteiger charge is 2.22. The second kappa shape index (κ2) is 7.48. The number of nitrogens with zero attached hydrogens (tertiary/aromatic N) is 1. The molecule has 0 bridgehead atoms. The third-order valence-electron chi connectivity index (χ3n) is 2.77. The number of nitrogens with two attached hydrogens (primary N) is 1. The molecule has 0 fully saturated rings. The maximum atomic E-state index is 12.5. The van der Waals surface area contributed by atoms with E-state index in [-0.39, 0.29) is 22.3 Å². The zero-order chi connectivity index (χ0) is 16.0. The zero-order valence-corrected chi connectivity index (χ0v) is 13.6. The molecule has 0 aliphatic heterocycles. The summed E-state index contributed by atoms with van der Waals surface area (Å²) in [5, 5.41) is 2.59. The summed E-state index contributed by atoms with van der Waals surface area (Å²) in [5.41, 5.74) is 5.96. The van der Waals surface area contributed by atoms with Crippen LogP contribution in [0.4, 0.5) is 5.69 Å². The van der Waals surface area contributed by atoms with Crippen molar-refractivity contribution in [2.75, 3.05) is 18.4 Å². The first kappa shape index (κ1) is 17.5. The summed E-state index contributed by atoms with van der Waals surface area (Å²) in [6, 6.07) is 6.03. The fourth-order valence-corrected chi connectivity index (χ4v) is 3.29. The van der Waals surface area contributed by atoms with Gasteiger partial charge in [0, 0.05) is 32.1 Å². The molecule has 1 aromatic carbocycles. The SMILES string of the molecule is CCN(CCC(N)=S)S(=O)(=O)c1ccc(NC(C)=O)cc1. The minimum absolute atomic E-state index is 0.168. The summed E-state index contributed by atoms with van der Waals surface area (Å²) in [7, 11) is -3.59. The monoisotopic (exact) mass is 329 g/mol. The molecule has 0 spiro atoms. The Morgan fingerprint density at radius 1 is 1.33 bits per heavy atom. The van der Waals surface area contributed by atoms with Crippen molar-refractivity contribution in [1.29, 1.82) is 0 Å². The molecule has 3 N–H and O–H groups in total. The number of rotatable bonds is 7. The van der Waals surface area contributed by atoms with Crippen LogP contribution in [-0.4, -0.2) is 36.7 Å². The topological polar surface area (TPSA) is 92.5 Å². The Labute approximate surface area is 130 Å². The van der Waals surface area contributed by atoms with E-state index < -0.39 is 10.0 Å². The Hall–Kier alpha value is -1.51. The summed E-state index contributed by atoms with van der Waals surface area (Å²) >= 11 is 4.77. The van der Waals surface area contributed by atoms with Gasteiger partial charge < -0.3 is 11.1 Å². The molecule has 8 heteroatoms. The van der Waals surface area contributed by atoms with E-state index in [1.165, 1.54) is 23.4 Å². The van der Waals surface area contributed by atoms with Gasteiger partial charge in [0.05, 0.1) is 9.88 Å². The second-order valence-corrected chi connectivity index (χ2v) is 6.88. The summed E-state index contributed by atoms with van der Waals surface area (Å²) in [4.78, 5) is 11.4. The maximum Gasteiger partial charge on any atom is 0.243 e. The molecule has 0 aliphatic rings. The molecule has 1 rings (SSSR count). The lowest BCUT2D eigenvalue weighted by atomic mass is 10.3. The third kappa shape index (κ3) is 5.07. The Morgan fingerprint density at radius 2 is 1.90 bits per heavy atom. The smallest absolute Gasteiger partial charge is 0.243 e. The normalized spacial score (nSPS) is 11.4. The number of benzene rings is 1. The van der Waals surface area contributed by atoms with E-state index in [2.05, 4.69) is 5.32 Å². The van der Waals surface area contributed by atoms with Crippen LogP contribution in [0.15, 0.2) is 29.2 Å². The van der Waals surface area contributed by atoms with Crippen LogP contribution in [0.2, 0.25) is 0 Å². The third-order valence-corrected chi connectivity index (χ3v) is 4.97. The van der Waals surface area contributed by atoms with Crippen molar-refractivity contribution in [2.24, 2.45) is 5.73 Å². The molecule has 0 unspecified atom stereocenters. The molecule has 21 heavy (non-hydrogen) atoms. The van der Waals surface area contributed by atoms with Gasteiger partial charge in [0.15, 0.2) is 0 Å². The molecule has 0 saturated heterocycles. The van der Waals surface area contributed by atoms with E-state index in [9.17, 15) is 13.2 Å². The van der Waals surface area contributed by atoms with E-state index in [4.69, 9.17) is 18.0 Å². The highest BCUT2D eigenvalue weighted by molar-refractivity contribution is 7.89. The average Bonchev–Trinajstić information content (AvgIpc) is 2.38. The van der Waals surface area contributed by atoms with Crippen molar-refractivity contribution in [3.8, 4) is 0 Å². The Bertz CT molecular complexity index is 612. The van der Waals surface area contributed by atoms with Crippen LogP contribution < -0.4 is 11.1 Å². The zero-order valence-electron chi connectivity index (χ0n) is 12.0. The molecule has 116 valence electrons. The van der Waals surface area contributed by atoms with Crippen LogP contribution in [-0.2, 0) is 14.8 Å². The highest BCUT2D eigenvalue weighted by atomic mass is 32.2. The molecule has 6 nitrogen and oxygen atoms in total. The number of hydrogen-bond donors (Lipinski definition) is 2. The van der Waals surface area contributed by atoms with Crippen LogP contribution in [0.25, 0.3) is 0 Å². The van der Waals surface area contributed by atoms with Crippen molar-refractivity contribution >= 4 is 38.8 Å². The summed E-state index contributed by atoms with van der Waals surface area (Å²) in [5.74, 6) is -0.211. The van der Waals surface area contributed by atoms with Gasteiger partial charge in [-0.15, -0.1) is 0 Å². The molecular weight excluding hydrogens is 310 g/mol. The molecule has 0 atom stereocenters. The molecule has 0 aliphatic carbocycles. The van der Waals surface area contributed by atoms with Crippen molar-refractivity contribution < 1.29 is 13.2 Å². The van der Waals surface area contributed by atoms with Gasteiger partial charge in [0.2, 0.25) is 15.9 Å². The lowest BCUT2D eigenvalue weighted by molar-refractivity contribution is -0.114. The molecule has 1 amide bonds. The number of nitrogens with one attached hydrogen (secondary N) is 1. The largest absolute Gasteiger partial charge is 0.393 e. The predicted molar refractivity (Wildman–Crippen MR) is 86.6 cm³/mol. The predicted octanol–water partition coefficient (Wildman–Crippen LogP) is 1.33. The van der Waals surface area contributed by atoms with Crippen LogP contribution in [0.5, 0.6) is 0 Å². The van der Waals surface area contributed by atoms with Crippen molar-refractivity contribution in [2.45, 2.75) is 25.2 Å². The van der Waals surface area contributed by atoms with E-state index in [0.29, 0.717) is 18.7 Å². The Morgan fingerprint density at radius 3 is 2.33 bits per heavy atom. The van der Waals surface area contributed by atoms with Gasteiger partial charge in [-0.2, -0.15) is 4.31 Å². The molecule has 0 heterocycles. The Balaban J connectivity index is 2.94. The van der Waals surface area contributed by atoms with Gasteiger partial charge in [-0.05, 0) is 24.3 Å². The number of carbonyl (C=O) groups is 1. The first-order chi connectivity index (χ1) is 9.77.